The van der Waals surface area contributed by atoms with Gasteiger partial charge in [0.2, 0.25) is 0 Å². The van der Waals surface area contributed by atoms with E-state index < -0.39 is 17.9 Å². The first-order valence-corrected chi connectivity index (χ1v) is 8.53. The standard InChI is InChI=1S/C18H19Cl2NO5/c1-10-14(17(22)23)15(11-5-4-6-13(19)16(11)20)12(9-21(10)2)18(24)26-8-7-25-3/h4-6,9,15H,7-8H2,1-3H3,(H,22,23). The molecule has 1 aromatic carbocycles. The zero-order chi connectivity index (χ0) is 19.4. The number of halogens is 2. The molecule has 0 aromatic heterocycles. The van der Waals surface area contributed by atoms with Crippen LogP contribution in [0.25, 0.3) is 0 Å². The third-order valence-electron chi connectivity index (χ3n) is 4.13. The Morgan fingerprint density at radius 3 is 2.58 bits per heavy atom. The Bertz CT molecular complexity index is 788. The first kappa shape index (κ1) is 20.3. The second-order valence-corrected chi connectivity index (χ2v) is 6.49. The summed E-state index contributed by atoms with van der Waals surface area (Å²) in [5.74, 6) is -2.68. The average Bonchev–Trinajstić information content (AvgIpc) is 2.59. The van der Waals surface area contributed by atoms with Crippen molar-refractivity contribution in [3.8, 4) is 0 Å². The molecular weight excluding hydrogens is 381 g/mol. The van der Waals surface area contributed by atoms with Crippen LogP contribution in [0.5, 0.6) is 0 Å². The molecule has 1 aromatic rings. The molecule has 2 rings (SSSR count). The topological polar surface area (TPSA) is 76.1 Å². The molecule has 0 radical (unpaired) electrons. The molecule has 8 heteroatoms. The summed E-state index contributed by atoms with van der Waals surface area (Å²) < 4.78 is 10.1. The highest BCUT2D eigenvalue weighted by Gasteiger charge is 2.37. The van der Waals surface area contributed by atoms with Crippen molar-refractivity contribution >= 4 is 35.1 Å². The van der Waals surface area contributed by atoms with E-state index >= 15 is 0 Å². The quantitative estimate of drug-likeness (QED) is 0.582. The SMILES string of the molecule is COCCOC(=O)C1=CN(C)C(C)=C(C(=O)O)C1c1cccc(Cl)c1Cl. The van der Waals surface area contributed by atoms with E-state index in [1.807, 2.05) is 0 Å². The molecule has 1 atom stereocenters. The number of carbonyl (C=O) groups is 2. The van der Waals surface area contributed by atoms with E-state index in [9.17, 15) is 14.7 Å². The Kier molecular flexibility index (Phi) is 6.69. The Morgan fingerprint density at radius 2 is 1.96 bits per heavy atom. The number of rotatable bonds is 6. The van der Waals surface area contributed by atoms with Gasteiger partial charge in [-0.1, -0.05) is 35.3 Å². The van der Waals surface area contributed by atoms with E-state index in [4.69, 9.17) is 32.7 Å². The Balaban J connectivity index is 2.57. The van der Waals surface area contributed by atoms with Crippen molar-refractivity contribution in [1.82, 2.24) is 4.90 Å². The molecular formula is C18H19Cl2NO5. The fraction of sp³-hybridized carbons (Fsp3) is 0.333. The van der Waals surface area contributed by atoms with Crippen LogP contribution in [-0.4, -0.2) is 49.3 Å². The van der Waals surface area contributed by atoms with Gasteiger partial charge in [0.1, 0.15) is 6.61 Å². The monoisotopic (exact) mass is 399 g/mol. The maximum absolute atomic E-state index is 12.6. The number of aliphatic carboxylic acids is 1. The number of allylic oxidation sites excluding steroid dienone is 1. The minimum atomic E-state index is -1.15. The van der Waals surface area contributed by atoms with Crippen LogP contribution in [0.15, 0.2) is 41.2 Å². The van der Waals surface area contributed by atoms with Crippen molar-refractivity contribution in [2.75, 3.05) is 27.4 Å². The largest absolute Gasteiger partial charge is 0.478 e. The number of esters is 1. The maximum atomic E-state index is 12.6. The molecule has 0 saturated heterocycles. The highest BCUT2D eigenvalue weighted by Crippen LogP contribution is 2.43. The molecule has 0 saturated carbocycles. The van der Waals surface area contributed by atoms with Gasteiger partial charge >= 0.3 is 11.9 Å². The van der Waals surface area contributed by atoms with Gasteiger partial charge in [0.15, 0.2) is 0 Å². The van der Waals surface area contributed by atoms with Gasteiger partial charge in [-0.3, -0.25) is 0 Å². The lowest BCUT2D eigenvalue weighted by Crippen LogP contribution is -2.30. The van der Waals surface area contributed by atoms with Crippen LogP contribution in [0.1, 0.15) is 18.4 Å². The molecule has 6 nitrogen and oxygen atoms in total. The number of methoxy groups -OCH3 is 1. The van der Waals surface area contributed by atoms with Crippen LogP contribution >= 0.6 is 23.2 Å². The van der Waals surface area contributed by atoms with Crippen molar-refractivity contribution < 1.29 is 24.2 Å². The van der Waals surface area contributed by atoms with E-state index in [-0.39, 0.29) is 34.4 Å². The maximum Gasteiger partial charge on any atom is 0.336 e. The van der Waals surface area contributed by atoms with Gasteiger partial charge in [-0.25, -0.2) is 9.59 Å². The van der Waals surface area contributed by atoms with Crippen molar-refractivity contribution in [3.05, 3.63) is 56.9 Å². The lowest BCUT2D eigenvalue weighted by molar-refractivity contribution is -0.140. The van der Waals surface area contributed by atoms with Gasteiger partial charge in [0.25, 0.3) is 0 Å². The summed E-state index contributed by atoms with van der Waals surface area (Å²) >= 11 is 12.4. The van der Waals surface area contributed by atoms with Gasteiger partial charge in [-0.2, -0.15) is 0 Å². The number of carboxylic acids is 1. The van der Waals surface area contributed by atoms with Gasteiger partial charge in [-0.15, -0.1) is 0 Å². The van der Waals surface area contributed by atoms with Crippen molar-refractivity contribution in [2.24, 2.45) is 0 Å². The van der Waals surface area contributed by atoms with E-state index in [0.717, 1.165) is 0 Å². The summed E-state index contributed by atoms with van der Waals surface area (Å²) in [5, 5.41) is 10.2. The summed E-state index contributed by atoms with van der Waals surface area (Å²) in [6.07, 6.45) is 1.55. The number of nitrogens with zero attached hydrogens (tertiary/aromatic N) is 1. The molecule has 1 N–H and O–H groups in total. The molecule has 26 heavy (non-hydrogen) atoms. The second-order valence-electron chi connectivity index (χ2n) is 5.70. The van der Waals surface area contributed by atoms with Crippen LogP contribution in [-0.2, 0) is 19.1 Å². The lowest BCUT2D eigenvalue weighted by Gasteiger charge is -2.31. The second kappa shape index (κ2) is 8.58. The zero-order valence-electron chi connectivity index (χ0n) is 14.6. The third kappa shape index (κ3) is 4.03. The van der Waals surface area contributed by atoms with Gasteiger partial charge in [0.05, 0.1) is 33.7 Å². The summed E-state index contributed by atoms with van der Waals surface area (Å²) in [4.78, 5) is 26.1. The number of ether oxygens (including phenoxy) is 2. The van der Waals surface area contributed by atoms with Gasteiger partial charge in [0, 0.05) is 26.1 Å². The Labute approximate surface area is 161 Å². The molecule has 0 bridgehead atoms. The zero-order valence-corrected chi connectivity index (χ0v) is 16.1. The summed E-state index contributed by atoms with van der Waals surface area (Å²) in [6.45, 7) is 1.95. The van der Waals surface area contributed by atoms with Gasteiger partial charge in [-0.05, 0) is 18.6 Å². The highest BCUT2D eigenvalue weighted by molar-refractivity contribution is 6.42. The molecule has 0 amide bonds. The van der Waals surface area contributed by atoms with E-state index in [1.165, 1.54) is 7.11 Å². The van der Waals surface area contributed by atoms with Crippen LogP contribution in [0.3, 0.4) is 0 Å². The van der Waals surface area contributed by atoms with E-state index in [2.05, 4.69) is 0 Å². The average molecular weight is 400 g/mol. The Hall–Kier alpha value is -2.02. The Morgan fingerprint density at radius 1 is 1.27 bits per heavy atom. The third-order valence-corrected chi connectivity index (χ3v) is 4.96. The van der Waals surface area contributed by atoms with E-state index in [0.29, 0.717) is 11.3 Å². The van der Waals surface area contributed by atoms with Crippen LogP contribution < -0.4 is 0 Å². The van der Waals surface area contributed by atoms with Crippen LogP contribution in [0.2, 0.25) is 10.0 Å². The molecule has 0 aliphatic carbocycles. The predicted octanol–water partition coefficient (Wildman–Crippen LogP) is 3.45. The number of benzene rings is 1. The number of carbonyl (C=O) groups excluding carboxylic acids is 1. The van der Waals surface area contributed by atoms with Crippen LogP contribution in [0.4, 0.5) is 0 Å². The molecule has 1 aliphatic rings. The fourth-order valence-electron chi connectivity index (χ4n) is 2.75. The van der Waals surface area contributed by atoms with Crippen molar-refractivity contribution in [3.63, 3.8) is 0 Å². The summed E-state index contributed by atoms with van der Waals surface area (Å²) in [6, 6.07) is 4.90. The molecule has 1 aliphatic heterocycles. The normalized spacial score (nSPS) is 17.2. The molecule has 1 unspecified atom stereocenters. The number of carboxylic acid groups (broad SMARTS) is 1. The minimum Gasteiger partial charge on any atom is -0.478 e. The number of hydrogen-bond donors (Lipinski definition) is 1. The molecule has 0 fully saturated rings. The smallest absolute Gasteiger partial charge is 0.336 e. The first-order valence-electron chi connectivity index (χ1n) is 7.78. The number of hydrogen-bond acceptors (Lipinski definition) is 5. The summed E-state index contributed by atoms with van der Waals surface area (Å²) in [5.41, 5.74) is 1.12. The van der Waals surface area contributed by atoms with Crippen molar-refractivity contribution in [2.45, 2.75) is 12.8 Å². The molecule has 140 valence electrons. The van der Waals surface area contributed by atoms with Gasteiger partial charge < -0.3 is 19.5 Å². The molecule has 1 heterocycles. The minimum absolute atomic E-state index is 0.0397. The predicted molar refractivity (Wildman–Crippen MR) is 98.2 cm³/mol. The lowest BCUT2D eigenvalue weighted by atomic mass is 9.81. The first-order chi connectivity index (χ1) is 12.3. The molecule has 0 spiro atoms. The van der Waals surface area contributed by atoms with Crippen molar-refractivity contribution in [1.29, 1.82) is 0 Å². The van der Waals surface area contributed by atoms with Crippen LogP contribution in [0, 0.1) is 0 Å². The fourth-order valence-corrected chi connectivity index (χ4v) is 3.17. The highest BCUT2D eigenvalue weighted by atomic mass is 35.5. The summed E-state index contributed by atoms with van der Waals surface area (Å²) in [7, 11) is 3.15. The van der Waals surface area contributed by atoms with E-state index in [1.54, 1.807) is 43.3 Å².